The number of carbonyl (C=O) groups excluding carboxylic acids is 1. The topological polar surface area (TPSA) is 68.2 Å². The van der Waals surface area contributed by atoms with Gasteiger partial charge in [0.15, 0.2) is 11.5 Å². The molecule has 2 heterocycles. The number of likely N-dealkylation sites (tertiary alicyclic amines) is 1. The third kappa shape index (κ3) is 3.60. The summed E-state index contributed by atoms with van der Waals surface area (Å²) < 4.78 is 16.6. The van der Waals surface area contributed by atoms with Crippen molar-refractivity contribution in [1.82, 2.24) is 4.90 Å². The third-order valence-electron chi connectivity index (χ3n) is 5.41. The minimum Gasteiger partial charge on any atom is -0.493 e. The summed E-state index contributed by atoms with van der Waals surface area (Å²) in [6, 6.07) is 5.57. The first-order valence-corrected chi connectivity index (χ1v) is 8.89. The Labute approximate surface area is 148 Å². The lowest BCUT2D eigenvalue weighted by molar-refractivity contribution is -0.179. The Bertz CT molecular complexity index is 610. The predicted octanol–water partition coefficient (Wildman–Crippen LogP) is 1.78. The van der Waals surface area contributed by atoms with Gasteiger partial charge in [-0.05, 0) is 31.7 Å². The SMILES string of the molecule is COc1cccc(CC(=O)N2CCC3(CC2)OCCCC3O)c1OC. The number of methoxy groups -OCH3 is 2. The Morgan fingerprint density at radius 1 is 1.32 bits per heavy atom. The smallest absolute Gasteiger partial charge is 0.227 e. The van der Waals surface area contributed by atoms with Gasteiger partial charge < -0.3 is 24.2 Å². The van der Waals surface area contributed by atoms with Crippen molar-refractivity contribution in [2.75, 3.05) is 33.9 Å². The number of para-hydroxylation sites is 1. The fourth-order valence-electron chi connectivity index (χ4n) is 3.89. The molecule has 2 fully saturated rings. The van der Waals surface area contributed by atoms with Crippen molar-refractivity contribution in [3.63, 3.8) is 0 Å². The van der Waals surface area contributed by atoms with Gasteiger partial charge in [-0.1, -0.05) is 12.1 Å². The van der Waals surface area contributed by atoms with E-state index in [1.165, 1.54) is 0 Å². The lowest BCUT2D eigenvalue weighted by Gasteiger charge is -2.46. The zero-order valence-corrected chi connectivity index (χ0v) is 15.0. The number of aliphatic hydroxyl groups excluding tert-OH is 1. The van der Waals surface area contributed by atoms with Gasteiger partial charge in [0.25, 0.3) is 0 Å². The Hall–Kier alpha value is -1.79. The first kappa shape index (κ1) is 18.0. The van der Waals surface area contributed by atoms with Crippen LogP contribution in [0.15, 0.2) is 18.2 Å². The van der Waals surface area contributed by atoms with Gasteiger partial charge in [-0.2, -0.15) is 0 Å². The molecule has 1 aromatic carbocycles. The molecule has 2 aliphatic rings. The fourth-order valence-corrected chi connectivity index (χ4v) is 3.89. The van der Waals surface area contributed by atoms with E-state index in [9.17, 15) is 9.90 Å². The van der Waals surface area contributed by atoms with Gasteiger partial charge in [0.1, 0.15) is 0 Å². The minimum absolute atomic E-state index is 0.0618. The van der Waals surface area contributed by atoms with Crippen molar-refractivity contribution in [3.8, 4) is 11.5 Å². The number of aliphatic hydroxyl groups is 1. The van der Waals surface area contributed by atoms with Crippen molar-refractivity contribution in [3.05, 3.63) is 23.8 Å². The third-order valence-corrected chi connectivity index (χ3v) is 5.41. The molecule has 2 aliphatic heterocycles. The number of amides is 1. The van der Waals surface area contributed by atoms with E-state index in [-0.39, 0.29) is 12.3 Å². The normalized spacial score (nSPS) is 22.7. The summed E-state index contributed by atoms with van der Waals surface area (Å²) in [6.45, 7) is 1.93. The van der Waals surface area contributed by atoms with Crippen LogP contribution in [0, 0.1) is 0 Å². The van der Waals surface area contributed by atoms with E-state index in [0.717, 1.165) is 18.4 Å². The van der Waals surface area contributed by atoms with Crippen LogP contribution in [-0.2, 0) is 16.0 Å². The Balaban J connectivity index is 1.64. The zero-order valence-electron chi connectivity index (χ0n) is 15.0. The number of rotatable bonds is 4. The van der Waals surface area contributed by atoms with Crippen molar-refractivity contribution in [2.24, 2.45) is 0 Å². The molecule has 0 aromatic heterocycles. The number of ether oxygens (including phenoxy) is 3. The van der Waals surface area contributed by atoms with Gasteiger partial charge in [0.2, 0.25) is 5.91 Å². The Morgan fingerprint density at radius 2 is 2.08 bits per heavy atom. The van der Waals surface area contributed by atoms with E-state index in [1.54, 1.807) is 14.2 Å². The van der Waals surface area contributed by atoms with Crippen LogP contribution < -0.4 is 9.47 Å². The summed E-state index contributed by atoms with van der Waals surface area (Å²) in [6.07, 6.45) is 2.93. The minimum atomic E-state index is -0.456. The summed E-state index contributed by atoms with van der Waals surface area (Å²) in [5, 5.41) is 10.3. The Kier molecular flexibility index (Phi) is 5.49. The van der Waals surface area contributed by atoms with E-state index < -0.39 is 11.7 Å². The highest BCUT2D eigenvalue weighted by Crippen LogP contribution is 2.36. The van der Waals surface area contributed by atoms with Crippen LogP contribution in [0.25, 0.3) is 0 Å². The lowest BCUT2D eigenvalue weighted by Crippen LogP contribution is -2.56. The van der Waals surface area contributed by atoms with Crippen LogP contribution in [0.5, 0.6) is 11.5 Å². The quantitative estimate of drug-likeness (QED) is 0.897. The number of hydrogen-bond donors (Lipinski definition) is 1. The van der Waals surface area contributed by atoms with Crippen LogP contribution in [0.1, 0.15) is 31.2 Å². The molecule has 138 valence electrons. The van der Waals surface area contributed by atoms with Crippen molar-refractivity contribution < 1.29 is 24.1 Å². The van der Waals surface area contributed by atoms with Crippen LogP contribution in [-0.4, -0.2) is 61.5 Å². The van der Waals surface area contributed by atoms with Crippen LogP contribution in [0.3, 0.4) is 0 Å². The monoisotopic (exact) mass is 349 g/mol. The number of nitrogens with zero attached hydrogens (tertiary/aromatic N) is 1. The zero-order chi connectivity index (χ0) is 17.9. The van der Waals surface area contributed by atoms with Crippen LogP contribution in [0.4, 0.5) is 0 Å². The molecule has 3 rings (SSSR count). The number of hydrogen-bond acceptors (Lipinski definition) is 5. The maximum atomic E-state index is 12.7. The highest BCUT2D eigenvalue weighted by Gasteiger charge is 2.44. The van der Waals surface area contributed by atoms with Gasteiger partial charge >= 0.3 is 0 Å². The molecule has 1 amide bonds. The Morgan fingerprint density at radius 3 is 2.72 bits per heavy atom. The van der Waals surface area contributed by atoms with E-state index in [0.29, 0.717) is 44.0 Å². The molecular formula is C19H27NO5. The average Bonchev–Trinajstić information content (AvgIpc) is 2.64. The first-order chi connectivity index (χ1) is 12.1. The molecular weight excluding hydrogens is 322 g/mol. The number of benzene rings is 1. The highest BCUT2D eigenvalue weighted by molar-refractivity contribution is 5.80. The van der Waals surface area contributed by atoms with E-state index >= 15 is 0 Å². The van der Waals surface area contributed by atoms with E-state index in [1.807, 2.05) is 23.1 Å². The van der Waals surface area contributed by atoms with Gasteiger partial charge in [-0.15, -0.1) is 0 Å². The standard InChI is InChI=1S/C19H27NO5/c1-23-15-6-3-5-14(18(15)24-2)13-17(22)20-10-8-19(9-11-20)16(21)7-4-12-25-19/h3,5-6,16,21H,4,7-13H2,1-2H3. The van der Waals surface area contributed by atoms with E-state index in [4.69, 9.17) is 14.2 Å². The summed E-state index contributed by atoms with van der Waals surface area (Å²) >= 11 is 0. The van der Waals surface area contributed by atoms with Gasteiger partial charge in [-0.3, -0.25) is 4.79 Å². The summed E-state index contributed by atoms with van der Waals surface area (Å²) in [7, 11) is 3.17. The molecule has 0 radical (unpaired) electrons. The number of piperidine rings is 1. The fraction of sp³-hybridized carbons (Fsp3) is 0.632. The molecule has 6 nitrogen and oxygen atoms in total. The maximum Gasteiger partial charge on any atom is 0.227 e. The maximum absolute atomic E-state index is 12.7. The molecule has 6 heteroatoms. The number of carbonyl (C=O) groups is 1. The predicted molar refractivity (Wildman–Crippen MR) is 93.0 cm³/mol. The van der Waals surface area contributed by atoms with Crippen LogP contribution in [0.2, 0.25) is 0 Å². The van der Waals surface area contributed by atoms with Crippen molar-refractivity contribution in [1.29, 1.82) is 0 Å². The molecule has 1 unspecified atom stereocenters. The van der Waals surface area contributed by atoms with Crippen molar-refractivity contribution >= 4 is 5.91 Å². The molecule has 0 bridgehead atoms. The lowest BCUT2D eigenvalue weighted by atomic mass is 9.82. The van der Waals surface area contributed by atoms with E-state index in [2.05, 4.69) is 0 Å². The highest BCUT2D eigenvalue weighted by atomic mass is 16.5. The summed E-state index contributed by atoms with van der Waals surface area (Å²) in [5.41, 5.74) is 0.365. The molecule has 0 aliphatic carbocycles. The van der Waals surface area contributed by atoms with Crippen molar-refractivity contribution in [2.45, 2.75) is 43.8 Å². The second kappa shape index (κ2) is 7.62. The molecule has 1 N–H and O–H groups in total. The summed E-state index contributed by atoms with van der Waals surface area (Å²) in [4.78, 5) is 14.6. The molecule has 0 saturated carbocycles. The van der Waals surface area contributed by atoms with Crippen LogP contribution >= 0.6 is 0 Å². The van der Waals surface area contributed by atoms with Gasteiger partial charge in [0, 0.05) is 25.3 Å². The van der Waals surface area contributed by atoms with Gasteiger partial charge in [0.05, 0.1) is 32.3 Å². The first-order valence-electron chi connectivity index (χ1n) is 8.89. The molecule has 25 heavy (non-hydrogen) atoms. The molecule has 2 saturated heterocycles. The molecule has 1 aromatic rings. The second-order valence-corrected chi connectivity index (χ2v) is 6.78. The second-order valence-electron chi connectivity index (χ2n) is 6.78. The largest absolute Gasteiger partial charge is 0.493 e. The summed E-state index contributed by atoms with van der Waals surface area (Å²) in [5.74, 6) is 1.30. The molecule has 1 atom stereocenters. The molecule has 1 spiro atoms. The van der Waals surface area contributed by atoms with Gasteiger partial charge in [-0.25, -0.2) is 0 Å². The average molecular weight is 349 g/mol.